The van der Waals surface area contributed by atoms with Gasteiger partial charge < -0.3 is 20.9 Å². The van der Waals surface area contributed by atoms with Gasteiger partial charge in [-0.15, -0.1) is 0 Å². The lowest BCUT2D eigenvalue weighted by atomic mass is 9.85. The van der Waals surface area contributed by atoms with E-state index in [2.05, 4.69) is 15.1 Å². The van der Waals surface area contributed by atoms with Gasteiger partial charge in [0, 0.05) is 36.9 Å². The van der Waals surface area contributed by atoms with Crippen LogP contribution in [0.5, 0.6) is 0 Å². The van der Waals surface area contributed by atoms with Crippen molar-refractivity contribution in [2.45, 2.75) is 18.4 Å². The number of nitrogens with two attached hydrogens (primary N) is 1. The Bertz CT molecular complexity index is 511. The average Bonchev–Trinajstić information content (AvgIpc) is 2.80. The molecular formula is C15H21ClN4O. The van der Waals surface area contributed by atoms with Crippen LogP contribution >= 0.6 is 11.6 Å². The minimum atomic E-state index is -0.418. The summed E-state index contributed by atoms with van der Waals surface area (Å²) in [5.74, 6) is 0.143. The van der Waals surface area contributed by atoms with E-state index in [4.69, 9.17) is 17.3 Å². The van der Waals surface area contributed by atoms with E-state index in [1.807, 2.05) is 24.3 Å². The fourth-order valence-electron chi connectivity index (χ4n) is 3.37. The Hall–Kier alpha value is -1.30. The minimum absolute atomic E-state index is 0.143. The number of carbonyl (C=O) groups excluding carboxylic acids is 1. The molecule has 1 spiro atoms. The summed E-state index contributed by atoms with van der Waals surface area (Å²) in [7, 11) is 0. The second-order valence-corrected chi connectivity index (χ2v) is 6.17. The zero-order chi connectivity index (χ0) is 14.9. The average molecular weight is 309 g/mol. The van der Waals surface area contributed by atoms with Crippen molar-refractivity contribution in [3.05, 3.63) is 29.3 Å². The van der Waals surface area contributed by atoms with Crippen LogP contribution in [0.2, 0.25) is 5.02 Å². The van der Waals surface area contributed by atoms with Crippen LogP contribution in [-0.2, 0) is 4.79 Å². The van der Waals surface area contributed by atoms with Crippen molar-refractivity contribution in [2.75, 3.05) is 37.7 Å². The molecule has 21 heavy (non-hydrogen) atoms. The maximum absolute atomic E-state index is 12.4. The smallest absolute Gasteiger partial charge is 0.247 e. The van der Waals surface area contributed by atoms with E-state index in [9.17, 15) is 4.79 Å². The SMILES string of the molecule is NCCN1CCC2(CC1)C(=O)NCN2c1ccc(Cl)cc1. The molecule has 2 fully saturated rings. The first-order valence-electron chi connectivity index (χ1n) is 7.40. The van der Waals surface area contributed by atoms with E-state index in [1.54, 1.807) is 0 Å². The van der Waals surface area contributed by atoms with Crippen LogP contribution in [0.4, 0.5) is 5.69 Å². The normalized spacial score (nSPS) is 21.8. The number of anilines is 1. The van der Waals surface area contributed by atoms with E-state index in [0.29, 0.717) is 18.2 Å². The number of halogens is 1. The number of benzene rings is 1. The number of hydrogen-bond acceptors (Lipinski definition) is 4. The van der Waals surface area contributed by atoms with E-state index in [-0.39, 0.29) is 5.91 Å². The van der Waals surface area contributed by atoms with Crippen LogP contribution in [0.15, 0.2) is 24.3 Å². The van der Waals surface area contributed by atoms with Crippen molar-refractivity contribution >= 4 is 23.2 Å². The third kappa shape index (κ3) is 2.61. The van der Waals surface area contributed by atoms with Crippen molar-refractivity contribution < 1.29 is 4.79 Å². The van der Waals surface area contributed by atoms with Crippen LogP contribution in [0, 0.1) is 0 Å². The molecule has 1 aromatic carbocycles. The van der Waals surface area contributed by atoms with Gasteiger partial charge in [0.15, 0.2) is 0 Å². The quantitative estimate of drug-likeness (QED) is 0.875. The molecule has 5 nitrogen and oxygen atoms in total. The van der Waals surface area contributed by atoms with Crippen LogP contribution < -0.4 is 16.0 Å². The van der Waals surface area contributed by atoms with Gasteiger partial charge in [0.25, 0.3) is 0 Å². The van der Waals surface area contributed by atoms with Gasteiger partial charge in [0.1, 0.15) is 5.54 Å². The molecule has 0 aliphatic carbocycles. The van der Waals surface area contributed by atoms with Crippen LogP contribution in [0.25, 0.3) is 0 Å². The maximum Gasteiger partial charge on any atom is 0.247 e. The molecule has 0 saturated carbocycles. The summed E-state index contributed by atoms with van der Waals surface area (Å²) in [6.07, 6.45) is 1.67. The second-order valence-electron chi connectivity index (χ2n) is 5.73. The molecule has 2 saturated heterocycles. The lowest BCUT2D eigenvalue weighted by Crippen LogP contribution is -2.56. The van der Waals surface area contributed by atoms with E-state index < -0.39 is 5.54 Å². The summed E-state index contributed by atoms with van der Waals surface area (Å²) in [6, 6.07) is 7.71. The number of piperidine rings is 1. The molecule has 0 atom stereocenters. The van der Waals surface area contributed by atoms with Crippen LogP contribution in [-0.4, -0.2) is 49.2 Å². The molecule has 2 aliphatic heterocycles. The molecule has 2 heterocycles. The molecule has 1 aromatic rings. The van der Waals surface area contributed by atoms with E-state index in [1.165, 1.54) is 0 Å². The number of hydrogen-bond donors (Lipinski definition) is 2. The summed E-state index contributed by atoms with van der Waals surface area (Å²) in [5, 5.41) is 3.71. The minimum Gasteiger partial charge on any atom is -0.339 e. The molecule has 2 aliphatic rings. The van der Waals surface area contributed by atoms with Crippen LogP contribution in [0.3, 0.4) is 0 Å². The van der Waals surface area contributed by atoms with Gasteiger partial charge in [-0.3, -0.25) is 4.79 Å². The van der Waals surface area contributed by atoms with Gasteiger partial charge in [-0.2, -0.15) is 0 Å². The fraction of sp³-hybridized carbons (Fsp3) is 0.533. The van der Waals surface area contributed by atoms with Crippen molar-refractivity contribution in [1.82, 2.24) is 10.2 Å². The Labute approximate surface area is 130 Å². The first-order valence-corrected chi connectivity index (χ1v) is 7.77. The highest BCUT2D eigenvalue weighted by molar-refractivity contribution is 6.30. The zero-order valence-electron chi connectivity index (χ0n) is 12.0. The summed E-state index contributed by atoms with van der Waals surface area (Å²) >= 11 is 5.96. The highest BCUT2D eigenvalue weighted by Crippen LogP contribution is 2.36. The lowest BCUT2D eigenvalue weighted by Gasteiger charge is -2.43. The van der Waals surface area contributed by atoms with Crippen molar-refractivity contribution in [3.8, 4) is 0 Å². The van der Waals surface area contributed by atoms with Crippen molar-refractivity contribution in [1.29, 1.82) is 0 Å². The van der Waals surface area contributed by atoms with Crippen LogP contribution in [0.1, 0.15) is 12.8 Å². The molecule has 0 aromatic heterocycles. The lowest BCUT2D eigenvalue weighted by molar-refractivity contribution is -0.125. The third-order valence-corrected chi connectivity index (χ3v) is 4.86. The predicted molar refractivity (Wildman–Crippen MR) is 84.4 cm³/mol. The molecule has 1 amide bonds. The van der Waals surface area contributed by atoms with Gasteiger partial charge in [0.2, 0.25) is 5.91 Å². The van der Waals surface area contributed by atoms with Gasteiger partial charge in [0.05, 0.1) is 6.67 Å². The summed E-state index contributed by atoms with van der Waals surface area (Å²) in [6.45, 7) is 3.96. The predicted octanol–water partition coefficient (Wildman–Crippen LogP) is 1.03. The summed E-state index contributed by atoms with van der Waals surface area (Å²) < 4.78 is 0. The maximum atomic E-state index is 12.4. The second kappa shape index (κ2) is 5.83. The number of rotatable bonds is 3. The standard InChI is InChI=1S/C15H21ClN4O/c16-12-1-3-13(4-2-12)20-11-18-14(21)15(20)5-8-19(9-6-15)10-7-17/h1-4H,5-11,17H2,(H,18,21). The van der Waals surface area contributed by atoms with E-state index in [0.717, 1.165) is 38.2 Å². The van der Waals surface area contributed by atoms with Crippen molar-refractivity contribution in [2.24, 2.45) is 5.73 Å². The molecule has 6 heteroatoms. The van der Waals surface area contributed by atoms with Crippen molar-refractivity contribution in [3.63, 3.8) is 0 Å². The largest absolute Gasteiger partial charge is 0.339 e. The van der Waals surface area contributed by atoms with Gasteiger partial charge in [-0.1, -0.05) is 11.6 Å². The third-order valence-electron chi connectivity index (χ3n) is 4.60. The molecule has 114 valence electrons. The monoisotopic (exact) mass is 308 g/mol. The molecule has 0 radical (unpaired) electrons. The highest BCUT2D eigenvalue weighted by atomic mass is 35.5. The Balaban J connectivity index is 1.81. The number of nitrogens with one attached hydrogen (secondary N) is 1. The zero-order valence-corrected chi connectivity index (χ0v) is 12.8. The Kier molecular flexibility index (Phi) is 4.06. The molecule has 0 bridgehead atoms. The fourth-order valence-corrected chi connectivity index (χ4v) is 3.50. The number of nitrogens with zero attached hydrogens (tertiary/aromatic N) is 2. The summed E-state index contributed by atoms with van der Waals surface area (Å²) in [4.78, 5) is 17.0. The highest BCUT2D eigenvalue weighted by Gasteiger charge is 2.50. The molecular weight excluding hydrogens is 288 g/mol. The number of amides is 1. The summed E-state index contributed by atoms with van der Waals surface area (Å²) in [5.41, 5.74) is 6.25. The number of carbonyl (C=O) groups is 1. The van der Waals surface area contributed by atoms with Gasteiger partial charge in [-0.25, -0.2) is 0 Å². The molecule has 3 rings (SSSR count). The Morgan fingerprint density at radius 3 is 2.52 bits per heavy atom. The van der Waals surface area contributed by atoms with E-state index >= 15 is 0 Å². The first kappa shape index (κ1) is 14.6. The molecule has 3 N–H and O–H groups in total. The van der Waals surface area contributed by atoms with Gasteiger partial charge in [-0.05, 0) is 37.1 Å². The Morgan fingerprint density at radius 2 is 1.90 bits per heavy atom. The van der Waals surface area contributed by atoms with Gasteiger partial charge >= 0.3 is 0 Å². The Morgan fingerprint density at radius 1 is 1.24 bits per heavy atom. The first-order chi connectivity index (χ1) is 10.2. The number of likely N-dealkylation sites (tertiary alicyclic amines) is 1. The molecule has 0 unspecified atom stereocenters. The topological polar surface area (TPSA) is 61.6 Å².